The second kappa shape index (κ2) is 9.03. The molecule has 0 radical (unpaired) electrons. The summed E-state index contributed by atoms with van der Waals surface area (Å²) >= 11 is 0. The third kappa shape index (κ3) is 4.75. The Balaban J connectivity index is 1.73. The molecule has 1 aromatic rings. The fourth-order valence-electron chi connectivity index (χ4n) is 3.97. The number of nitrogens with one attached hydrogen (secondary N) is 2. The Morgan fingerprint density at radius 2 is 1.81 bits per heavy atom. The van der Waals surface area contributed by atoms with Crippen molar-refractivity contribution < 1.29 is 14.3 Å². The predicted molar refractivity (Wildman–Crippen MR) is 101 cm³/mol. The van der Waals surface area contributed by atoms with E-state index in [1.807, 2.05) is 12.1 Å². The summed E-state index contributed by atoms with van der Waals surface area (Å²) in [6, 6.07) is 7.78. The van der Waals surface area contributed by atoms with Crippen LogP contribution in [0, 0.1) is 5.92 Å². The smallest absolute Gasteiger partial charge is 0.321 e. The van der Waals surface area contributed by atoms with Crippen LogP contribution in [0.25, 0.3) is 0 Å². The quantitative estimate of drug-likeness (QED) is 0.848. The lowest BCUT2D eigenvalue weighted by Crippen LogP contribution is -2.40. The molecule has 26 heavy (non-hydrogen) atoms. The lowest BCUT2D eigenvalue weighted by Gasteiger charge is -2.29. The number of morpholine rings is 1. The molecule has 2 fully saturated rings. The molecule has 1 aliphatic heterocycles. The van der Waals surface area contributed by atoms with E-state index in [-0.39, 0.29) is 11.8 Å². The van der Waals surface area contributed by atoms with Crippen LogP contribution in [-0.2, 0) is 9.53 Å². The van der Waals surface area contributed by atoms with Crippen molar-refractivity contribution in [2.75, 3.05) is 38.3 Å². The van der Waals surface area contributed by atoms with E-state index >= 15 is 0 Å². The molecule has 1 saturated carbocycles. The third-order valence-electron chi connectivity index (χ3n) is 5.50. The summed E-state index contributed by atoms with van der Waals surface area (Å²) in [5.41, 5.74) is 2.14. The topological polar surface area (TPSA) is 70.7 Å². The maximum absolute atomic E-state index is 12.7. The van der Waals surface area contributed by atoms with E-state index in [1.165, 1.54) is 32.7 Å². The number of carbonyl (C=O) groups excluding carboxylic acids is 2. The van der Waals surface area contributed by atoms with Crippen LogP contribution in [0.4, 0.5) is 10.5 Å². The molecule has 2 N–H and O–H groups in total. The Kier molecular flexibility index (Phi) is 6.50. The number of urea groups is 1. The van der Waals surface area contributed by atoms with Gasteiger partial charge >= 0.3 is 6.03 Å². The highest BCUT2D eigenvalue weighted by atomic mass is 16.5. The first-order valence-corrected chi connectivity index (χ1v) is 9.62. The number of hydrogen-bond donors (Lipinski definition) is 2. The monoisotopic (exact) mass is 359 g/mol. The Labute approximate surface area is 155 Å². The van der Waals surface area contributed by atoms with Crippen molar-refractivity contribution >= 4 is 17.6 Å². The minimum absolute atomic E-state index is 0.213. The molecule has 1 aromatic carbocycles. The third-order valence-corrected chi connectivity index (χ3v) is 5.50. The van der Waals surface area contributed by atoms with Gasteiger partial charge in [0.05, 0.1) is 19.1 Å². The molecule has 1 atom stereocenters. The van der Waals surface area contributed by atoms with Crippen LogP contribution in [-0.4, -0.2) is 45.3 Å². The van der Waals surface area contributed by atoms with Crippen LogP contribution in [0.1, 0.15) is 43.6 Å². The van der Waals surface area contributed by atoms with Crippen molar-refractivity contribution in [3.8, 4) is 0 Å². The Morgan fingerprint density at radius 1 is 1.15 bits per heavy atom. The van der Waals surface area contributed by atoms with Gasteiger partial charge in [-0.25, -0.2) is 4.79 Å². The molecule has 0 bridgehead atoms. The molecule has 1 unspecified atom stereocenters. The van der Waals surface area contributed by atoms with Gasteiger partial charge in [0.2, 0.25) is 5.91 Å². The zero-order valence-corrected chi connectivity index (χ0v) is 15.5. The number of carbonyl (C=O) groups is 2. The second-order valence-electron chi connectivity index (χ2n) is 7.20. The van der Waals surface area contributed by atoms with Crippen molar-refractivity contribution in [2.24, 2.45) is 5.92 Å². The van der Waals surface area contributed by atoms with Gasteiger partial charge in [0.1, 0.15) is 0 Å². The van der Waals surface area contributed by atoms with Crippen molar-refractivity contribution in [2.45, 2.75) is 38.0 Å². The standard InChI is InChI=1S/C20H29N3O3/c1-21-20(25)22-19(24)18(14-15-4-2-3-5-15)16-6-8-17(9-7-16)23-10-12-26-13-11-23/h6-9,15,18H,2-5,10-14H2,1H3,(H2,21,22,24,25). The minimum atomic E-state index is -0.448. The van der Waals surface area contributed by atoms with Gasteiger partial charge in [-0.2, -0.15) is 0 Å². The van der Waals surface area contributed by atoms with Crippen LogP contribution >= 0.6 is 0 Å². The van der Waals surface area contributed by atoms with Gasteiger partial charge in [-0.1, -0.05) is 37.8 Å². The maximum Gasteiger partial charge on any atom is 0.321 e. The van der Waals surface area contributed by atoms with E-state index in [1.54, 1.807) is 0 Å². The largest absolute Gasteiger partial charge is 0.378 e. The van der Waals surface area contributed by atoms with Crippen molar-refractivity contribution in [1.82, 2.24) is 10.6 Å². The number of benzene rings is 1. The summed E-state index contributed by atoms with van der Waals surface area (Å²) in [4.78, 5) is 26.6. The molecule has 142 valence electrons. The summed E-state index contributed by atoms with van der Waals surface area (Å²) in [6.07, 6.45) is 5.64. The van der Waals surface area contributed by atoms with Crippen molar-refractivity contribution in [1.29, 1.82) is 0 Å². The van der Waals surface area contributed by atoms with Gasteiger partial charge in [-0.3, -0.25) is 10.1 Å². The first-order valence-electron chi connectivity index (χ1n) is 9.62. The van der Waals surface area contributed by atoms with Gasteiger partial charge < -0.3 is 15.0 Å². The summed E-state index contributed by atoms with van der Waals surface area (Å²) in [5.74, 6) is 0.0684. The van der Waals surface area contributed by atoms with E-state index in [4.69, 9.17) is 4.74 Å². The fourth-order valence-corrected chi connectivity index (χ4v) is 3.97. The number of imide groups is 1. The zero-order chi connectivity index (χ0) is 18.4. The molecule has 6 nitrogen and oxygen atoms in total. The Hall–Kier alpha value is -2.08. The van der Waals surface area contributed by atoms with Crippen LogP contribution in [0.15, 0.2) is 24.3 Å². The zero-order valence-electron chi connectivity index (χ0n) is 15.5. The van der Waals surface area contributed by atoms with Crippen LogP contribution in [0.3, 0.4) is 0 Å². The highest BCUT2D eigenvalue weighted by Crippen LogP contribution is 2.35. The number of anilines is 1. The Morgan fingerprint density at radius 3 is 2.42 bits per heavy atom. The lowest BCUT2D eigenvalue weighted by molar-refractivity contribution is -0.121. The first-order chi connectivity index (χ1) is 12.7. The molecule has 1 saturated heterocycles. The fraction of sp³-hybridized carbons (Fsp3) is 0.600. The van der Waals surface area contributed by atoms with E-state index in [2.05, 4.69) is 27.7 Å². The second-order valence-corrected chi connectivity index (χ2v) is 7.20. The molecule has 2 aliphatic rings. The number of nitrogens with zero attached hydrogens (tertiary/aromatic N) is 1. The predicted octanol–water partition coefficient (Wildman–Crippen LogP) is 2.64. The highest BCUT2D eigenvalue weighted by Gasteiger charge is 2.27. The van der Waals surface area contributed by atoms with E-state index in [0.717, 1.165) is 44.0 Å². The van der Waals surface area contributed by atoms with E-state index in [9.17, 15) is 9.59 Å². The van der Waals surface area contributed by atoms with Gasteiger partial charge in [0.15, 0.2) is 0 Å². The number of amides is 3. The minimum Gasteiger partial charge on any atom is -0.378 e. The molecular formula is C20H29N3O3. The first kappa shape index (κ1) is 18.7. The van der Waals surface area contributed by atoms with Crippen LogP contribution in [0.2, 0.25) is 0 Å². The molecule has 0 spiro atoms. The number of rotatable bonds is 5. The molecular weight excluding hydrogens is 330 g/mol. The summed E-state index contributed by atoms with van der Waals surface area (Å²) in [6.45, 7) is 3.28. The van der Waals surface area contributed by atoms with E-state index < -0.39 is 6.03 Å². The van der Waals surface area contributed by atoms with Gasteiger partial charge in [0.25, 0.3) is 0 Å². The molecule has 0 aromatic heterocycles. The maximum atomic E-state index is 12.7. The normalized spacial score (nSPS) is 19.2. The lowest BCUT2D eigenvalue weighted by atomic mass is 9.87. The average molecular weight is 359 g/mol. The molecule has 1 heterocycles. The van der Waals surface area contributed by atoms with Crippen molar-refractivity contribution in [3.05, 3.63) is 29.8 Å². The van der Waals surface area contributed by atoms with Crippen LogP contribution < -0.4 is 15.5 Å². The molecule has 3 amide bonds. The van der Waals surface area contributed by atoms with Gasteiger partial charge in [-0.15, -0.1) is 0 Å². The van der Waals surface area contributed by atoms with Gasteiger partial charge in [-0.05, 0) is 30.0 Å². The van der Waals surface area contributed by atoms with Gasteiger partial charge in [0, 0.05) is 25.8 Å². The Bertz CT molecular complexity index is 605. The summed E-state index contributed by atoms with van der Waals surface area (Å²) in [5, 5.41) is 4.92. The van der Waals surface area contributed by atoms with E-state index in [0.29, 0.717) is 5.92 Å². The SMILES string of the molecule is CNC(=O)NC(=O)C(CC1CCCC1)c1ccc(N2CCOCC2)cc1. The van der Waals surface area contributed by atoms with Crippen LogP contribution in [0.5, 0.6) is 0 Å². The average Bonchev–Trinajstić information content (AvgIpc) is 3.20. The van der Waals surface area contributed by atoms with Crippen molar-refractivity contribution in [3.63, 3.8) is 0 Å². The molecule has 1 aliphatic carbocycles. The number of ether oxygens (including phenoxy) is 1. The summed E-state index contributed by atoms with van der Waals surface area (Å²) < 4.78 is 5.40. The summed E-state index contributed by atoms with van der Waals surface area (Å²) in [7, 11) is 1.52. The molecule has 6 heteroatoms. The molecule has 3 rings (SSSR count). The number of hydrogen-bond acceptors (Lipinski definition) is 4. The highest BCUT2D eigenvalue weighted by molar-refractivity contribution is 5.97.